The van der Waals surface area contributed by atoms with E-state index in [1.165, 1.54) is 0 Å². The third-order valence-electron chi connectivity index (χ3n) is 2.44. The van der Waals surface area contributed by atoms with Crippen LogP contribution in [0, 0.1) is 19.3 Å². The summed E-state index contributed by atoms with van der Waals surface area (Å²) in [6.45, 7) is 1.68. The highest BCUT2D eigenvalue weighted by Gasteiger charge is 2.07. The number of rotatable bonds is 2. The molecule has 2 aromatic rings. The van der Waals surface area contributed by atoms with E-state index in [1.807, 2.05) is 36.6 Å². The zero-order chi connectivity index (χ0) is 14.3. The largest absolute Gasteiger partial charge is 0.483 e. The van der Waals surface area contributed by atoms with Crippen molar-refractivity contribution < 1.29 is 16.1 Å². The highest BCUT2D eigenvalue weighted by Crippen LogP contribution is 2.28. The Balaban J connectivity index is 0.000000830. The molecule has 4 heteroatoms. The number of terminal acetylenes is 1. The first-order chi connectivity index (χ1) is 9.17. The summed E-state index contributed by atoms with van der Waals surface area (Å²) in [6.07, 6.45) is 6.21. The molecule has 0 spiro atoms. The molecule has 1 aromatic heterocycles. The summed E-state index contributed by atoms with van der Waals surface area (Å²) in [5, 5.41) is 8.90. The van der Waals surface area contributed by atoms with Gasteiger partial charge in [-0.25, -0.2) is 0 Å². The van der Waals surface area contributed by atoms with Gasteiger partial charge in [0.05, 0.1) is 0 Å². The third-order valence-corrected chi connectivity index (χ3v) is 3.36. The molecule has 0 bridgehead atoms. The maximum atomic E-state index is 11.0. The van der Waals surface area contributed by atoms with Crippen LogP contribution in [0.2, 0.25) is 0 Å². The molecular weight excluding hydrogens is 260 g/mol. The van der Waals surface area contributed by atoms with Crippen molar-refractivity contribution in [2.24, 2.45) is 0 Å². The molecule has 19 heavy (non-hydrogen) atoms. The number of benzene rings is 1. The Hall–Kier alpha value is -2.38. The van der Waals surface area contributed by atoms with Crippen molar-refractivity contribution in [2.45, 2.75) is 6.92 Å². The molecule has 3 nitrogen and oxygen atoms in total. The van der Waals surface area contributed by atoms with Gasteiger partial charge in [0.1, 0.15) is 0 Å². The van der Waals surface area contributed by atoms with E-state index in [-0.39, 0.29) is 7.90 Å². The molecule has 0 fully saturated rings. The first-order valence-corrected chi connectivity index (χ1v) is 6.24. The summed E-state index contributed by atoms with van der Waals surface area (Å²) in [5.74, 6) is 2.56. The molecule has 0 aliphatic rings. The van der Waals surface area contributed by atoms with Crippen molar-refractivity contribution >= 4 is 24.1 Å². The highest BCUT2D eigenvalue weighted by molar-refractivity contribution is 7.13. The van der Waals surface area contributed by atoms with Crippen molar-refractivity contribution in [3.05, 3.63) is 46.3 Å². The molecule has 0 saturated heterocycles. The lowest BCUT2D eigenvalue weighted by molar-refractivity contribution is -0.122. The molecule has 2 rings (SSSR count). The molecule has 0 amide bonds. The lowest BCUT2D eigenvalue weighted by atomic mass is 9.99. The van der Waals surface area contributed by atoms with Gasteiger partial charge < -0.3 is 5.11 Å². The first kappa shape index (κ1) is 14.7. The molecule has 0 aliphatic carbocycles. The predicted molar refractivity (Wildman–Crippen MR) is 77.6 cm³/mol. The number of carbonyl (C=O) groups excluding carboxylic acids is 1. The maximum Gasteiger partial charge on any atom is 0.290 e. The van der Waals surface area contributed by atoms with Gasteiger partial charge in [0, 0.05) is 17.4 Å². The average molecular weight is 273 g/mol. The summed E-state index contributed by atoms with van der Waals surface area (Å²) < 4.78 is 0. The van der Waals surface area contributed by atoms with Crippen molar-refractivity contribution in [3.63, 3.8) is 0 Å². The SMILES string of the molecule is C#Cc1c(C)cc(-c2cccs2)cc1C=O.O=CO.[H]. The minimum atomic E-state index is -0.250. The minimum Gasteiger partial charge on any atom is -0.483 e. The van der Waals surface area contributed by atoms with E-state index < -0.39 is 0 Å². The van der Waals surface area contributed by atoms with Crippen molar-refractivity contribution in [3.8, 4) is 22.8 Å². The Bertz CT molecular complexity index is 613. The molecule has 0 saturated carbocycles. The maximum absolute atomic E-state index is 11.0. The van der Waals surface area contributed by atoms with Gasteiger partial charge in [0.25, 0.3) is 6.47 Å². The number of hydrogen-bond acceptors (Lipinski definition) is 3. The lowest BCUT2D eigenvalue weighted by Gasteiger charge is -2.05. The minimum absolute atomic E-state index is 0. The van der Waals surface area contributed by atoms with Crippen LogP contribution in [0.5, 0.6) is 0 Å². The van der Waals surface area contributed by atoms with Gasteiger partial charge in [-0.15, -0.1) is 17.8 Å². The normalized spacial score (nSPS) is 8.84. The quantitative estimate of drug-likeness (QED) is 0.674. The number of carbonyl (C=O) groups is 2. The summed E-state index contributed by atoms with van der Waals surface area (Å²) in [7, 11) is 0. The van der Waals surface area contributed by atoms with Crippen molar-refractivity contribution in [1.82, 2.24) is 0 Å². The second-order valence-electron chi connectivity index (χ2n) is 3.60. The van der Waals surface area contributed by atoms with Gasteiger partial charge in [-0.2, -0.15) is 0 Å². The fourth-order valence-electron chi connectivity index (χ4n) is 1.69. The van der Waals surface area contributed by atoms with E-state index in [4.69, 9.17) is 16.3 Å². The van der Waals surface area contributed by atoms with Gasteiger partial charge in [0.15, 0.2) is 6.29 Å². The Morgan fingerprint density at radius 1 is 1.42 bits per heavy atom. The standard InChI is InChI=1S/C14H10OS.CH2O2.H/c1-3-13-10(2)7-11(8-12(13)9-15)14-5-4-6-16-14;2-1-3;/h1,4-9H,2H3;1H,(H,2,3);. The van der Waals surface area contributed by atoms with Crippen LogP contribution >= 0.6 is 11.3 Å². The van der Waals surface area contributed by atoms with Crippen LogP contribution in [0.3, 0.4) is 0 Å². The van der Waals surface area contributed by atoms with Gasteiger partial charge >= 0.3 is 0 Å². The topological polar surface area (TPSA) is 54.4 Å². The fraction of sp³-hybridized carbons (Fsp3) is 0.0667. The molecule has 1 aromatic carbocycles. The fourth-order valence-corrected chi connectivity index (χ4v) is 2.40. The molecule has 1 N–H and O–H groups in total. The van der Waals surface area contributed by atoms with Crippen LogP contribution in [0.25, 0.3) is 10.4 Å². The number of aldehydes is 1. The van der Waals surface area contributed by atoms with Crippen LogP contribution in [0.15, 0.2) is 29.6 Å². The second kappa shape index (κ2) is 7.14. The lowest BCUT2D eigenvalue weighted by Crippen LogP contribution is -1.92. The zero-order valence-electron chi connectivity index (χ0n) is 11.3. The number of hydrogen-bond donors (Lipinski definition) is 1. The monoisotopic (exact) mass is 273 g/mol. The van der Waals surface area contributed by atoms with Crippen LogP contribution in [0.1, 0.15) is 22.9 Å². The number of thiophene rings is 1. The van der Waals surface area contributed by atoms with E-state index in [0.717, 1.165) is 22.3 Å². The van der Waals surface area contributed by atoms with Gasteiger partial charge in [-0.1, -0.05) is 12.0 Å². The molecule has 97 valence electrons. The summed E-state index contributed by atoms with van der Waals surface area (Å²) >= 11 is 1.65. The number of carboxylic acid groups (broad SMARTS) is 1. The Morgan fingerprint density at radius 2 is 2.11 bits per heavy atom. The predicted octanol–water partition coefficient (Wildman–Crippen LogP) is 3.33. The zero-order valence-corrected chi connectivity index (χ0v) is 11.1. The molecular formula is C15H13O3S. The van der Waals surface area contributed by atoms with Crippen LogP contribution in [0.4, 0.5) is 0 Å². The molecule has 1 heterocycles. The molecule has 0 atom stereocenters. The Kier molecular flexibility index (Phi) is 5.52. The summed E-state index contributed by atoms with van der Waals surface area (Å²) in [4.78, 5) is 20.5. The van der Waals surface area contributed by atoms with E-state index in [0.29, 0.717) is 11.1 Å². The number of aryl methyl sites for hydroxylation is 1. The molecule has 0 aliphatic heterocycles. The van der Waals surface area contributed by atoms with E-state index in [1.54, 1.807) is 11.3 Å². The van der Waals surface area contributed by atoms with Crippen LogP contribution in [-0.4, -0.2) is 17.9 Å². The van der Waals surface area contributed by atoms with E-state index >= 15 is 0 Å². The first-order valence-electron chi connectivity index (χ1n) is 5.36. The van der Waals surface area contributed by atoms with Crippen molar-refractivity contribution in [2.75, 3.05) is 0 Å². The summed E-state index contributed by atoms with van der Waals surface area (Å²) in [6, 6.07) is 7.89. The molecule has 0 unspecified atom stereocenters. The third kappa shape index (κ3) is 3.54. The van der Waals surface area contributed by atoms with E-state index in [2.05, 4.69) is 5.92 Å². The summed E-state index contributed by atoms with van der Waals surface area (Å²) in [5.41, 5.74) is 3.30. The average Bonchev–Trinajstić information content (AvgIpc) is 2.92. The van der Waals surface area contributed by atoms with E-state index in [9.17, 15) is 4.79 Å². The van der Waals surface area contributed by atoms with Crippen LogP contribution in [-0.2, 0) is 4.79 Å². The molecule has 1 radical (unpaired) electrons. The van der Waals surface area contributed by atoms with Crippen molar-refractivity contribution in [1.29, 1.82) is 0 Å². The second-order valence-corrected chi connectivity index (χ2v) is 4.55. The smallest absolute Gasteiger partial charge is 0.290 e. The highest BCUT2D eigenvalue weighted by atomic mass is 32.1. The Morgan fingerprint density at radius 3 is 2.58 bits per heavy atom. The van der Waals surface area contributed by atoms with Gasteiger partial charge in [0.2, 0.25) is 0 Å². The Labute approximate surface area is 117 Å². The van der Waals surface area contributed by atoms with Gasteiger partial charge in [-0.05, 0) is 41.6 Å². The van der Waals surface area contributed by atoms with Crippen LogP contribution < -0.4 is 0 Å². The van der Waals surface area contributed by atoms with Gasteiger partial charge in [-0.3, -0.25) is 9.59 Å².